The van der Waals surface area contributed by atoms with Crippen molar-refractivity contribution < 1.29 is 0 Å². The van der Waals surface area contributed by atoms with Crippen LogP contribution in [0.25, 0.3) is 0 Å². The van der Waals surface area contributed by atoms with E-state index in [9.17, 15) is 0 Å². The Balaban J connectivity index is 1.42. The van der Waals surface area contributed by atoms with E-state index in [4.69, 9.17) is 0 Å². The molecule has 0 amide bonds. The number of likely N-dealkylation sites (tertiary alicyclic amines) is 1. The van der Waals surface area contributed by atoms with Gasteiger partial charge < -0.3 is 10.2 Å². The topological polar surface area (TPSA) is 15.3 Å². The minimum absolute atomic E-state index is 0.857. The van der Waals surface area contributed by atoms with Gasteiger partial charge in [0.25, 0.3) is 0 Å². The van der Waals surface area contributed by atoms with E-state index in [0.717, 1.165) is 12.0 Å². The van der Waals surface area contributed by atoms with Crippen LogP contribution in [0.15, 0.2) is 0 Å². The molecular formula is C19H38N2. The van der Waals surface area contributed by atoms with Crippen molar-refractivity contribution in [3.63, 3.8) is 0 Å². The number of rotatable bonds is 10. The number of nitrogens with zero attached hydrogens (tertiary/aromatic N) is 1. The molecule has 2 nitrogen and oxygen atoms in total. The van der Waals surface area contributed by atoms with Crippen molar-refractivity contribution in [2.45, 2.75) is 90.0 Å². The number of piperidine rings is 1. The van der Waals surface area contributed by atoms with Crippen LogP contribution in [0.5, 0.6) is 0 Å². The van der Waals surface area contributed by atoms with E-state index in [-0.39, 0.29) is 0 Å². The van der Waals surface area contributed by atoms with Crippen molar-refractivity contribution in [1.29, 1.82) is 0 Å². The third-order valence-electron chi connectivity index (χ3n) is 5.63. The highest BCUT2D eigenvalue weighted by atomic mass is 15.1. The molecular weight excluding hydrogens is 256 g/mol. The van der Waals surface area contributed by atoms with Crippen LogP contribution in [0.1, 0.15) is 84.0 Å². The van der Waals surface area contributed by atoms with Gasteiger partial charge in [0.1, 0.15) is 0 Å². The van der Waals surface area contributed by atoms with Gasteiger partial charge in [0.2, 0.25) is 0 Å². The number of nitrogens with one attached hydrogen (secondary N) is 1. The number of hydrogen-bond acceptors (Lipinski definition) is 2. The van der Waals surface area contributed by atoms with Gasteiger partial charge in [-0.05, 0) is 64.2 Å². The second-order valence-electron chi connectivity index (χ2n) is 7.36. The average molecular weight is 295 g/mol. The normalized spacial score (nSPS) is 24.7. The molecule has 2 aliphatic heterocycles. The van der Waals surface area contributed by atoms with Crippen LogP contribution >= 0.6 is 0 Å². The predicted octanol–water partition coefficient (Wildman–Crippen LogP) is 4.59. The largest absolute Gasteiger partial charge is 0.314 e. The van der Waals surface area contributed by atoms with Crippen LogP contribution in [0.4, 0.5) is 0 Å². The minimum atomic E-state index is 0.857. The van der Waals surface area contributed by atoms with Gasteiger partial charge in [-0.25, -0.2) is 0 Å². The summed E-state index contributed by atoms with van der Waals surface area (Å²) in [5.74, 6) is 0.974. The van der Waals surface area contributed by atoms with Gasteiger partial charge in [-0.15, -0.1) is 0 Å². The van der Waals surface area contributed by atoms with Crippen LogP contribution in [-0.2, 0) is 0 Å². The van der Waals surface area contributed by atoms with Crippen molar-refractivity contribution >= 4 is 0 Å². The third-order valence-corrected chi connectivity index (χ3v) is 5.63. The third kappa shape index (κ3) is 6.69. The average Bonchev–Trinajstić information content (AvgIpc) is 3.05. The highest BCUT2D eigenvalue weighted by Crippen LogP contribution is 2.25. The molecule has 2 saturated heterocycles. The highest BCUT2D eigenvalue weighted by Gasteiger charge is 2.27. The van der Waals surface area contributed by atoms with E-state index >= 15 is 0 Å². The summed E-state index contributed by atoms with van der Waals surface area (Å²) in [5, 5.41) is 3.70. The number of unbranched alkanes of at least 4 members (excludes halogenated alkanes) is 7. The smallest absolute Gasteiger partial charge is 0.00967 e. The molecule has 0 spiro atoms. The first kappa shape index (κ1) is 17.3. The molecule has 124 valence electrons. The Kier molecular flexibility index (Phi) is 8.73. The van der Waals surface area contributed by atoms with Gasteiger partial charge in [0.15, 0.2) is 0 Å². The molecule has 2 heterocycles. The first-order valence-corrected chi connectivity index (χ1v) is 9.86. The molecule has 2 rings (SSSR count). The Morgan fingerprint density at radius 3 is 2.14 bits per heavy atom. The van der Waals surface area contributed by atoms with Crippen molar-refractivity contribution in [1.82, 2.24) is 10.2 Å². The molecule has 1 N–H and O–H groups in total. The van der Waals surface area contributed by atoms with Gasteiger partial charge in [0, 0.05) is 6.04 Å². The Morgan fingerprint density at radius 1 is 0.857 bits per heavy atom. The lowest BCUT2D eigenvalue weighted by atomic mass is 9.88. The Labute approximate surface area is 133 Å². The lowest BCUT2D eigenvalue weighted by molar-refractivity contribution is 0.161. The maximum atomic E-state index is 3.70. The molecule has 2 aliphatic rings. The van der Waals surface area contributed by atoms with Crippen LogP contribution in [0, 0.1) is 5.92 Å². The van der Waals surface area contributed by atoms with E-state index < -0.39 is 0 Å². The van der Waals surface area contributed by atoms with Gasteiger partial charge in [-0.1, -0.05) is 51.9 Å². The molecule has 0 radical (unpaired) electrons. The summed E-state index contributed by atoms with van der Waals surface area (Å²) in [6.45, 7) is 7.65. The second-order valence-corrected chi connectivity index (χ2v) is 7.36. The van der Waals surface area contributed by atoms with Gasteiger partial charge in [-0.2, -0.15) is 0 Å². The van der Waals surface area contributed by atoms with Crippen molar-refractivity contribution in [2.24, 2.45) is 5.92 Å². The zero-order valence-corrected chi connectivity index (χ0v) is 14.4. The lowest BCUT2D eigenvalue weighted by Crippen LogP contribution is -2.41. The zero-order valence-electron chi connectivity index (χ0n) is 14.4. The first-order chi connectivity index (χ1) is 10.4. The molecule has 1 unspecified atom stereocenters. The zero-order chi connectivity index (χ0) is 14.8. The van der Waals surface area contributed by atoms with Crippen molar-refractivity contribution in [3.05, 3.63) is 0 Å². The van der Waals surface area contributed by atoms with E-state index in [0.29, 0.717) is 0 Å². The maximum Gasteiger partial charge on any atom is 0.00967 e. The molecule has 0 aromatic carbocycles. The molecule has 0 saturated carbocycles. The maximum absolute atomic E-state index is 3.70. The molecule has 2 heteroatoms. The fourth-order valence-electron chi connectivity index (χ4n) is 4.16. The second kappa shape index (κ2) is 10.6. The monoisotopic (exact) mass is 294 g/mol. The van der Waals surface area contributed by atoms with E-state index in [1.54, 1.807) is 0 Å². The summed E-state index contributed by atoms with van der Waals surface area (Å²) in [7, 11) is 0. The van der Waals surface area contributed by atoms with Crippen LogP contribution < -0.4 is 5.32 Å². The first-order valence-electron chi connectivity index (χ1n) is 9.86. The fraction of sp³-hybridized carbons (Fsp3) is 1.00. The molecule has 2 fully saturated rings. The molecule has 21 heavy (non-hydrogen) atoms. The highest BCUT2D eigenvalue weighted by molar-refractivity contribution is 4.85. The predicted molar refractivity (Wildman–Crippen MR) is 92.8 cm³/mol. The van der Waals surface area contributed by atoms with Crippen LogP contribution in [-0.4, -0.2) is 37.1 Å². The van der Waals surface area contributed by atoms with Gasteiger partial charge in [0.05, 0.1) is 0 Å². The van der Waals surface area contributed by atoms with E-state index in [1.165, 1.54) is 103 Å². The summed E-state index contributed by atoms with van der Waals surface area (Å²) in [5.41, 5.74) is 0. The molecule has 0 aliphatic carbocycles. The quantitative estimate of drug-likeness (QED) is 0.593. The summed E-state index contributed by atoms with van der Waals surface area (Å²) in [4.78, 5) is 2.72. The lowest BCUT2D eigenvalue weighted by Gasteiger charge is -2.34. The Morgan fingerprint density at radius 2 is 1.52 bits per heavy atom. The van der Waals surface area contributed by atoms with Crippen molar-refractivity contribution in [2.75, 3.05) is 26.2 Å². The van der Waals surface area contributed by atoms with E-state index in [1.807, 2.05) is 0 Å². The standard InChI is InChI=1S/C19H38N2/c1-2-3-4-5-6-7-8-9-15-21-16-12-18(13-17-21)19-11-10-14-20-19/h18-20H,2-17H2,1H3. The summed E-state index contributed by atoms with van der Waals surface area (Å²) in [6, 6.07) is 0.857. The Hall–Kier alpha value is -0.0800. The van der Waals surface area contributed by atoms with Gasteiger partial charge in [-0.3, -0.25) is 0 Å². The molecule has 0 aromatic heterocycles. The summed E-state index contributed by atoms with van der Waals surface area (Å²) in [6.07, 6.45) is 17.3. The Bertz CT molecular complexity index is 240. The number of hydrogen-bond donors (Lipinski definition) is 1. The van der Waals surface area contributed by atoms with Crippen molar-refractivity contribution in [3.8, 4) is 0 Å². The van der Waals surface area contributed by atoms with Crippen LogP contribution in [0.3, 0.4) is 0 Å². The summed E-state index contributed by atoms with van der Waals surface area (Å²) < 4.78 is 0. The fourth-order valence-corrected chi connectivity index (χ4v) is 4.16. The SMILES string of the molecule is CCCCCCCCCCN1CCC(C2CCCN2)CC1. The summed E-state index contributed by atoms with van der Waals surface area (Å²) >= 11 is 0. The van der Waals surface area contributed by atoms with Gasteiger partial charge >= 0.3 is 0 Å². The van der Waals surface area contributed by atoms with E-state index in [2.05, 4.69) is 17.1 Å². The molecule has 0 aromatic rings. The molecule has 0 bridgehead atoms. The minimum Gasteiger partial charge on any atom is -0.314 e. The molecule has 1 atom stereocenters. The van der Waals surface area contributed by atoms with Crippen LogP contribution in [0.2, 0.25) is 0 Å².